The van der Waals surface area contributed by atoms with Crippen molar-refractivity contribution in [1.82, 2.24) is 5.32 Å². The number of anilines is 1. The molecule has 0 spiro atoms. The molecule has 0 radical (unpaired) electrons. The molecule has 5 nitrogen and oxygen atoms in total. The fourth-order valence-corrected chi connectivity index (χ4v) is 2.95. The maximum Gasteiger partial charge on any atom is 0.251 e. The van der Waals surface area contributed by atoms with Crippen molar-refractivity contribution in [1.29, 1.82) is 0 Å². The van der Waals surface area contributed by atoms with Crippen molar-refractivity contribution in [3.05, 3.63) is 29.8 Å². The van der Waals surface area contributed by atoms with Crippen LogP contribution in [0.1, 0.15) is 62.2 Å². The van der Waals surface area contributed by atoms with Gasteiger partial charge in [-0.2, -0.15) is 0 Å². The Bertz CT molecular complexity index is 534. The van der Waals surface area contributed by atoms with Gasteiger partial charge in [0.05, 0.1) is 12.1 Å². The van der Waals surface area contributed by atoms with Crippen LogP contribution in [0.15, 0.2) is 24.3 Å². The number of carbonyl (C=O) groups excluding carboxylic acids is 2. The Labute approximate surface area is 137 Å². The number of amides is 2. The van der Waals surface area contributed by atoms with Gasteiger partial charge in [-0.1, -0.05) is 26.2 Å². The Hall–Kier alpha value is -1.88. The number of nitrogens with one attached hydrogen (secondary N) is 2. The molecular formula is C18H26N2O3. The zero-order valence-electron chi connectivity index (χ0n) is 13.7. The normalized spacial score (nSPS) is 16.1. The third kappa shape index (κ3) is 4.79. The molecule has 2 rings (SSSR count). The third-order valence-corrected chi connectivity index (χ3v) is 4.43. The molecule has 0 saturated heterocycles. The molecule has 2 amide bonds. The lowest BCUT2D eigenvalue weighted by molar-refractivity contribution is -0.116. The van der Waals surface area contributed by atoms with Crippen LogP contribution in [0.25, 0.3) is 0 Å². The van der Waals surface area contributed by atoms with E-state index in [4.69, 9.17) is 0 Å². The molecule has 5 heteroatoms. The fourth-order valence-electron chi connectivity index (χ4n) is 2.95. The summed E-state index contributed by atoms with van der Waals surface area (Å²) in [4.78, 5) is 24.0. The highest BCUT2D eigenvalue weighted by Crippen LogP contribution is 2.29. The Morgan fingerprint density at radius 1 is 1.17 bits per heavy atom. The molecule has 1 fully saturated rings. The van der Waals surface area contributed by atoms with Crippen molar-refractivity contribution in [3.8, 4) is 0 Å². The first kappa shape index (κ1) is 17.5. The fraction of sp³-hybridized carbons (Fsp3) is 0.556. The Kier molecular flexibility index (Phi) is 6.16. The van der Waals surface area contributed by atoms with Gasteiger partial charge in [-0.05, 0) is 43.5 Å². The molecule has 0 aromatic heterocycles. The van der Waals surface area contributed by atoms with E-state index in [1.54, 1.807) is 24.3 Å². The number of rotatable bonds is 7. The van der Waals surface area contributed by atoms with E-state index in [2.05, 4.69) is 10.6 Å². The molecule has 1 saturated carbocycles. The van der Waals surface area contributed by atoms with Gasteiger partial charge in [-0.3, -0.25) is 9.59 Å². The highest BCUT2D eigenvalue weighted by molar-refractivity contribution is 5.96. The van der Waals surface area contributed by atoms with Crippen LogP contribution in [0, 0.1) is 0 Å². The minimum Gasteiger partial charge on any atom is -0.394 e. The number of hydrogen-bond donors (Lipinski definition) is 3. The van der Waals surface area contributed by atoms with Crippen molar-refractivity contribution >= 4 is 17.5 Å². The van der Waals surface area contributed by atoms with Gasteiger partial charge in [-0.25, -0.2) is 0 Å². The lowest BCUT2D eigenvalue weighted by Crippen LogP contribution is -2.49. The van der Waals surface area contributed by atoms with E-state index in [9.17, 15) is 14.7 Å². The van der Waals surface area contributed by atoms with Gasteiger partial charge < -0.3 is 15.7 Å². The van der Waals surface area contributed by atoms with Crippen LogP contribution >= 0.6 is 0 Å². The number of benzene rings is 1. The van der Waals surface area contributed by atoms with Crippen LogP contribution in [0.3, 0.4) is 0 Å². The van der Waals surface area contributed by atoms with Crippen molar-refractivity contribution < 1.29 is 14.7 Å². The van der Waals surface area contributed by atoms with Gasteiger partial charge in [0.2, 0.25) is 5.91 Å². The molecule has 0 heterocycles. The maximum atomic E-state index is 12.3. The van der Waals surface area contributed by atoms with Gasteiger partial charge in [0.25, 0.3) is 5.91 Å². The third-order valence-electron chi connectivity index (χ3n) is 4.43. The average Bonchev–Trinajstić information content (AvgIpc) is 3.02. The predicted molar refractivity (Wildman–Crippen MR) is 90.3 cm³/mol. The minimum atomic E-state index is -0.468. The average molecular weight is 318 g/mol. The van der Waals surface area contributed by atoms with E-state index in [1.807, 2.05) is 6.92 Å². The lowest BCUT2D eigenvalue weighted by Gasteiger charge is -2.28. The van der Waals surface area contributed by atoms with Crippen molar-refractivity contribution in [2.24, 2.45) is 0 Å². The quantitative estimate of drug-likeness (QED) is 0.723. The van der Waals surface area contributed by atoms with Crippen LogP contribution in [0.4, 0.5) is 5.69 Å². The van der Waals surface area contributed by atoms with Crippen molar-refractivity contribution in [3.63, 3.8) is 0 Å². The summed E-state index contributed by atoms with van der Waals surface area (Å²) in [7, 11) is 0. The van der Waals surface area contributed by atoms with Gasteiger partial charge >= 0.3 is 0 Å². The van der Waals surface area contributed by atoms with E-state index in [0.29, 0.717) is 17.7 Å². The molecule has 0 atom stereocenters. The van der Waals surface area contributed by atoms with Gasteiger partial charge in [0.15, 0.2) is 0 Å². The van der Waals surface area contributed by atoms with E-state index in [0.717, 1.165) is 38.5 Å². The molecule has 0 bridgehead atoms. The lowest BCUT2D eigenvalue weighted by atomic mass is 9.98. The summed E-state index contributed by atoms with van der Waals surface area (Å²) in [6.45, 7) is 2.02. The number of aliphatic hydroxyl groups excluding tert-OH is 1. The zero-order valence-corrected chi connectivity index (χ0v) is 13.7. The highest BCUT2D eigenvalue weighted by Gasteiger charge is 2.34. The molecular weight excluding hydrogens is 292 g/mol. The second kappa shape index (κ2) is 8.11. The second-order valence-corrected chi connectivity index (χ2v) is 6.33. The highest BCUT2D eigenvalue weighted by atomic mass is 16.3. The molecule has 126 valence electrons. The van der Waals surface area contributed by atoms with Crippen LogP contribution in [-0.2, 0) is 4.79 Å². The molecule has 3 N–H and O–H groups in total. The molecule has 23 heavy (non-hydrogen) atoms. The van der Waals surface area contributed by atoms with Crippen LogP contribution in [0.5, 0.6) is 0 Å². The van der Waals surface area contributed by atoms with Gasteiger partial charge in [-0.15, -0.1) is 0 Å². The summed E-state index contributed by atoms with van der Waals surface area (Å²) in [5, 5.41) is 15.4. The summed E-state index contributed by atoms with van der Waals surface area (Å²) >= 11 is 0. The van der Waals surface area contributed by atoms with Crippen LogP contribution < -0.4 is 10.6 Å². The number of unbranched alkanes of at least 4 members (excludes halogenated alkanes) is 1. The standard InChI is InChI=1S/C18H26N2O3/c1-2-3-6-16(22)19-15-9-7-14(8-10-15)17(23)20-18(13-21)11-4-5-12-18/h7-10,21H,2-6,11-13H2,1H3,(H,19,22)(H,20,23). The second-order valence-electron chi connectivity index (χ2n) is 6.33. The van der Waals surface area contributed by atoms with E-state index in [1.165, 1.54) is 0 Å². The van der Waals surface area contributed by atoms with Crippen LogP contribution in [0.2, 0.25) is 0 Å². The summed E-state index contributed by atoms with van der Waals surface area (Å²) in [5.74, 6) is -0.181. The summed E-state index contributed by atoms with van der Waals surface area (Å²) in [6, 6.07) is 6.87. The number of carbonyl (C=O) groups is 2. The SMILES string of the molecule is CCCCC(=O)Nc1ccc(C(=O)NC2(CO)CCCC2)cc1. The van der Waals surface area contributed by atoms with Crippen molar-refractivity contribution in [2.45, 2.75) is 57.4 Å². The number of aliphatic hydroxyl groups is 1. The first-order valence-electron chi connectivity index (χ1n) is 8.42. The molecule has 0 unspecified atom stereocenters. The largest absolute Gasteiger partial charge is 0.394 e. The first-order chi connectivity index (χ1) is 11.1. The Morgan fingerprint density at radius 2 is 1.83 bits per heavy atom. The minimum absolute atomic E-state index is 0.00533. The van der Waals surface area contributed by atoms with E-state index in [-0.39, 0.29) is 18.4 Å². The zero-order chi connectivity index (χ0) is 16.7. The van der Waals surface area contributed by atoms with Crippen molar-refractivity contribution in [2.75, 3.05) is 11.9 Å². The first-order valence-corrected chi connectivity index (χ1v) is 8.42. The monoisotopic (exact) mass is 318 g/mol. The molecule has 0 aliphatic heterocycles. The molecule has 1 aliphatic carbocycles. The topological polar surface area (TPSA) is 78.4 Å². The Balaban J connectivity index is 1.93. The predicted octanol–water partition coefficient (Wildman–Crippen LogP) is 2.85. The van der Waals surface area contributed by atoms with E-state index < -0.39 is 5.54 Å². The summed E-state index contributed by atoms with van der Waals surface area (Å²) in [6.07, 6.45) is 6.07. The van der Waals surface area contributed by atoms with Crippen LogP contribution in [-0.4, -0.2) is 29.1 Å². The maximum absolute atomic E-state index is 12.3. The van der Waals surface area contributed by atoms with E-state index >= 15 is 0 Å². The molecule has 1 aliphatic rings. The molecule has 1 aromatic rings. The van der Waals surface area contributed by atoms with Gasteiger partial charge in [0, 0.05) is 17.7 Å². The number of hydrogen-bond acceptors (Lipinski definition) is 3. The van der Waals surface area contributed by atoms with Gasteiger partial charge in [0.1, 0.15) is 0 Å². The summed E-state index contributed by atoms with van der Waals surface area (Å²) in [5.41, 5.74) is 0.765. The summed E-state index contributed by atoms with van der Waals surface area (Å²) < 4.78 is 0. The Morgan fingerprint density at radius 3 is 2.39 bits per heavy atom. The smallest absolute Gasteiger partial charge is 0.251 e. The molecule has 1 aromatic carbocycles.